The molecule has 3 aromatic rings. The predicted molar refractivity (Wildman–Crippen MR) is 149 cm³/mol. The lowest BCUT2D eigenvalue weighted by Crippen LogP contribution is -2.43. The largest absolute Gasteiger partial charge is 0.493 e. The van der Waals surface area contributed by atoms with Crippen LogP contribution in [-0.4, -0.2) is 66.7 Å². The van der Waals surface area contributed by atoms with Crippen LogP contribution in [0.4, 0.5) is 0 Å². The molecule has 2 heterocycles. The predicted octanol–water partition coefficient (Wildman–Crippen LogP) is 4.56. The Kier molecular flexibility index (Phi) is 8.99. The Morgan fingerprint density at radius 3 is 2.68 bits per heavy atom. The maximum atomic E-state index is 13.4. The van der Waals surface area contributed by atoms with Crippen LogP contribution >= 0.6 is 31.9 Å². The molecule has 1 aromatic heterocycles. The number of carbonyl (C=O) groups is 1. The molecule has 0 spiro atoms. The second-order valence-corrected chi connectivity index (χ2v) is 10.4. The van der Waals surface area contributed by atoms with Crippen LogP contribution in [0.15, 0.2) is 49.2 Å². The summed E-state index contributed by atoms with van der Waals surface area (Å²) in [6, 6.07) is 8.90. The zero-order valence-electron chi connectivity index (χ0n) is 20.9. The average Bonchev–Trinajstić information content (AvgIpc) is 2.92. The van der Waals surface area contributed by atoms with E-state index in [1.165, 1.54) is 11.8 Å². The molecule has 9 nitrogen and oxygen atoms in total. The first-order valence-corrected chi connectivity index (χ1v) is 13.5. The maximum Gasteiger partial charge on any atom is 0.282 e. The number of methoxy groups -OCH3 is 1. The van der Waals surface area contributed by atoms with E-state index in [1.54, 1.807) is 29.3 Å². The number of aromatic nitrogens is 2. The summed E-state index contributed by atoms with van der Waals surface area (Å²) in [5.74, 6) is 1.36. The van der Waals surface area contributed by atoms with Crippen LogP contribution in [-0.2, 0) is 9.53 Å². The van der Waals surface area contributed by atoms with Crippen molar-refractivity contribution in [3.8, 4) is 11.5 Å². The molecule has 4 rings (SSSR count). The standard InChI is InChI=1S/C26H28Br2N4O5/c1-4-16(2)25-30-21-6-5-18(27)12-19(21)26(34)32(25)29-14-17-11-22(35-3)23(13-20(17)28)37-15-24(33)31-7-9-36-10-8-31/h5-6,11-14,16H,4,7-10,15H2,1-3H3/t16-/m0/s1. The van der Waals surface area contributed by atoms with E-state index >= 15 is 0 Å². The lowest BCUT2D eigenvalue weighted by atomic mass is 10.1. The molecule has 1 aliphatic rings. The van der Waals surface area contributed by atoms with Crippen LogP contribution in [0, 0.1) is 0 Å². The van der Waals surface area contributed by atoms with Gasteiger partial charge in [0.15, 0.2) is 18.1 Å². The number of rotatable bonds is 8. The molecule has 0 N–H and O–H groups in total. The molecule has 196 valence electrons. The Morgan fingerprint density at radius 1 is 1.22 bits per heavy atom. The summed E-state index contributed by atoms with van der Waals surface area (Å²) in [7, 11) is 1.53. The third-order valence-electron chi connectivity index (χ3n) is 6.20. The first-order valence-electron chi connectivity index (χ1n) is 11.9. The molecule has 0 radical (unpaired) electrons. The van der Waals surface area contributed by atoms with Crippen molar-refractivity contribution in [3.05, 3.63) is 61.0 Å². The highest BCUT2D eigenvalue weighted by molar-refractivity contribution is 9.10. The summed E-state index contributed by atoms with van der Waals surface area (Å²) in [5, 5.41) is 5.00. The molecule has 1 aliphatic heterocycles. The normalized spacial score (nSPS) is 14.8. The van der Waals surface area contributed by atoms with Gasteiger partial charge in [-0.2, -0.15) is 9.78 Å². The molecule has 1 amide bonds. The SMILES string of the molecule is CC[C@H](C)c1nc2ccc(Br)cc2c(=O)n1N=Cc1cc(OC)c(OCC(=O)N2CCOCC2)cc1Br. The van der Waals surface area contributed by atoms with Gasteiger partial charge in [-0.05, 0) is 52.7 Å². The van der Waals surface area contributed by atoms with Crippen LogP contribution in [0.25, 0.3) is 10.9 Å². The minimum absolute atomic E-state index is 0.0238. The van der Waals surface area contributed by atoms with E-state index in [1.807, 2.05) is 26.0 Å². The Labute approximate surface area is 231 Å². The summed E-state index contributed by atoms with van der Waals surface area (Å²) in [6.07, 6.45) is 2.38. The Morgan fingerprint density at radius 2 is 1.97 bits per heavy atom. The Balaban J connectivity index is 1.64. The molecule has 0 saturated carbocycles. The van der Waals surface area contributed by atoms with E-state index in [4.69, 9.17) is 19.2 Å². The van der Waals surface area contributed by atoms with Crippen LogP contribution in [0.1, 0.15) is 37.6 Å². The minimum atomic E-state index is -0.248. The lowest BCUT2D eigenvalue weighted by molar-refractivity contribution is -0.137. The number of fused-ring (bicyclic) bond motifs is 1. The first kappa shape index (κ1) is 27.3. The van der Waals surface area contributed by atoms with Gasteiger partial charge in [-0.1, -0.05) is 29.8 Å². The van der Waals surface area contributed by atoms with Crippen molar-refractivity contribution in [1.82, 2.24) is 14.6 Å². The van der Waals surface area contributed by atoms with Crippen LogP contribution in [0.3, 0.4) is 0 Å². The summed E-state index contributed by atoms with van der Waals surface area (Å²) >= 11 is 6.98. The van der Waals surface area contributed by atoms with Crippen molar-refractivity contribution in [1.29, 1.82) is 0 Å². The van der Waals surface area contributed by atoms with Gasteiger partial charge in [-0.3, -0.25) is 9.59 Å². The van der Waals surface area contributed by atoms with Gasteiger partial charge in [0, 0.05) is 33.5 Å². The number of halogens is 2. The van der Waals surface area contributed by atoms with Gasteiger partial charge in [0.25, 0.3) is 11.5 Å². The second-order valence-electron chi connectivity index (χ2n) is 8.61. The number of amides is 1. The monoisotopic (exact) mass is 634 g/mol. The van der Waals surface area contributed by atoms with Crippen molar-refractivity contribution >= 4 is 54.9 Å². The minimum Gasteiger partial charge on any atom is -0.493 e. The fraction of sp³-hybridized carbons (Fsp3) is 0.385. The van der Waals surface area contributed by atoms with Crippen molar-refractivity contribution in [2.75, 3.05) is 40.0 Å². The maximum absolute atomic E-state index is 13.4. The summed E-state index contributed by atoms with van der Waals surface area (Å²) < 4.78 is 19.4. The van der Waals surface area contributed by atoms with Crippen molar-refractivity contribution in [3.63, 3.8) is 0 Å². The van der Waals surface area contributed by atoms with Crippen molar-refractivity contribution in [2.45, 2.75) is 26.2 Å². The van der Waals surface area contributed by atoms with E-state index in [9.17, 15) is 9.59 Å². The molecule has 0 aliphatic carbocycles. The Bertz CT molecular complexity index is 1390. The molecule has 0 unspecified atom stereocenters. The van der Waals surface area contributed by atoms with E-state index in [-0.39, 0.29) is 24.0 Å². The van der Waals surface area contributed by atoms with Gasteiger partial charge in [-0.25, -0.2) is 4.98 Å². The smallest absolute Gasteiger partial charge is 0.282 e. The number of benzene rings is 2. The quantitative estimate of drug-likeness (QED) is 0.337. The van der Waals surface area contributed by atoms with E-state index in [2.05, 4.69) is 37.0 Å². The lowest BCUT2D eigenvalue weighted by Gasteiger charge is -2.26. The van der Waals surface area contributed by atoms with Crippen LogP contribution in [0.2, 0.25) is 0 Å². The summed E-state index contributed by atoms with van der Waals surface area (Å²) in [4.78, 5) is 32.3. The molecule has 1 atom stereocenters. The highest BCUT2D eigenvalue weighted by atomic mass is 79.9. The number of ether oxygens (including phenoxy) is 3. The van der Waals surface area contributed by atoms with Crippen LogP contribution in [0.5, 0.6) is 11.5 Å². The summed E-state index contributed by atoms with van der Waals surface area (Å²) in [6.45, 7) is 6.11. The van der Waals surface area contributed by atoms with E-state index in [0.717, 1.165) is 10.9 Å². The molecular formula is C26H28Br2N4O5. The highest BCUT2D eigenvalue weighted by Gasteiger charge is 2.19. The third kappa shape index (κ3) is 6.22. The number of morpholine rings is 1. The fourth-order valence-corrected chi connectivity index (χ4v) is 4.65. The average molecular weight is 636 g/mol. The van der Waals surface area contributed by atoms with Crippen molar-refractivity contribution < 1.29 is 19.0 Å². The molecule has 11 heteroatoms. The molecule has 0 bridgehead atoms. The number of carbonyl (C=O) groups excluding carboxylic acids is 1. The van der Waals surface area contributed by atoms with Crippen LogP contribution < -0.4 is 15.0 Å². The summed E-state index contributed by atoms with van der Waals surface area (Å²) in [5.41, 5.74) is 1.05. The van der Waals surface area contributed by atoms with Gasteiger partial charge in [-0.15, -0.1) is 0 Å². The van der Waals surface area contributed by atoms with E-state index < -0.39 is 0 Å². The van der Waals surface area contributed by atoms with Gasteiger partial charge in [0.1, 0.15) is 5.82 Å². The Hall–Kier alpha value is -2.76. The number of hydrogen-bond acceptors (Lipinski definition) is 7. The number of nitrogens with zero attached hydrogens (tertiary/aromatic N) is 4. The second kappa shape index (κ2) is 12.2. The van der Waals surface area contributed by atoms with Gasteiger partial charge in [0.05, 0.1) is 37.4 Å². The molecular weight excluding hydrogens is 608 g/mol. The zero-order chi connectivity index (χ0) is 26.5. The third-order valence-corrected chi connectivity index (χ3v) is 7.38. The van der Waals surface area contributed by atoms with Gasteiger partial charge in [0.2, 0.25) is 0 Å². The van der Waals surface area contributed by atoms with Gasteiger partial charge >= 0.3 is 0 Å². The highest BCUT2D eigenvalue weighted by Crippen LogP contribution is 2.33. The molecule has 37 heavy (non-hydrogen) atoms. The molecule has 1 fully saturated rings. The zero-order valence-corrected chi connectivity index (χ0v) is 24.0. The molecule has 1 saturated heterocycles. The fourth-order valence-electron chi connectivity index (χ4n) is 3.86. The van der Waals surface area contributed by atoms with E-state index in [0.29, 0.717) is 64.6 Å². The number of hydrogen-bond donors (Lipinski definition) is 0. The van der Waals surface area contributed by atoms with Crippen molar-refractivity contribution in [2.24, 2.45) is 5.10 Å². The topological polar surface area (TPSA) is 95.2 Å². The first-order chi connectivity index (χ1) is 17.8. The molecule has 2 aromatic carbocycles. The van der Waals surface area contributed by atoms with Gasteiger partial charge < -0.3 is 19.1 Å².